The molecule has 1 unspecified atom stereocenters. The molecule has 102 valence electrons. The predicted molar refractivity (Wildman–Crippen MR) is 76.3 cm³/mol. The van der Waals surface area contributed by atoms with Crippen molar-refractivity contribution in [2.24, 2.45) is 0 Å². The standard InChI is InChI=1S/C16H26FN/c1-3-4-5-6-7-12-18-14(2)13-15-8-10-16(17)11-9-15/h8-11,14,18H,3-7,12-13H2,1-2H3. The van der Waals surface area contributed by atoms with Crippen LogP contribution in [0.25, 0.3) is 0 Å². The Morgan fingerprint density at radius 1 is 1.06 bits per heavy atom. The summed E-state index contributed by atoms with van der Waals surface area (Å²) in [4.78, 5) is 0. The average Bonchev–Trinajstić information content (AvgIpc) is 2.36. The highest BCUT2D eigenvalue weighted by atomic mass is 19.1. The third-order valence-electron chi connectivity index (χ3n) is 3.23. The summed E-state index contributed by atoms with van der Waals surface area (Å²) >= 11 is 0. The van der Waals surface area contributed by atoms with E-state index >= 15 is 0 Å². The summed E-state index contributed by atoms with van der Waals surface area (Å²) < 4.78 is 12.8. The minimum Gasteiger partial charge on any atom is -0.314 e. The van der Waals surface area contributed by atoms with Gasteiger partial charge in [0.25, 0.3) is 0 Å². The normalized spacial score (nSPS) is 12.6. The van der Waals surface area contributed by atoms with Gasteiger partial charge in [0, 0.05) is 6.04 Å². The minimum atomic E-state index is -0.157. The van der Waals surface area contributed by atoms with Crippen LogP contribution in [0.1, 0.15) is 51.5 Å². The van der Waals surface area contributed by atoms with Crippen LogP contribution in [0.3, 0.4) is 0 Å². The van der Waals surface area contributed by atoms with Gasteiger partial charge in [-0.05, 0) is 44.0 Å². The zero-order valence-corrected chi connectivity index (χ0v) is 11.7. The number of rotatable bonds is 9. The van der Waals surface area contributed by atoms with Gasteiger partial charge in [-0.2, -0.15) is 0 Å². The fourth-order valence-corrected chi connectivity index (χ4v) is 2.12. The number of benzene rings is 1. The van der Waals surface area contributed by atoms with E-state index in [1.165, 1.54) is 49.8 Å². The summed E-state index contributed by atoms with van der Waals surface area (Å²) in [5, 5.41) is 3.53. The molecule has 0 saturated carbocycles. The zero-order valence-electron chi connectivity index (χ0n) is 11.7. The van der Waals surface area contributed by atoms with Crippen molar-refractivity contribution >= 4 is 0 Å². The molecule has 18 heavy (non-hydrogen) atoms. The van der Waals surface area contributed by atoms with E-state index in [4.69, 9.17) is 0 Å². The highest BCUT2D eigenvalue weighted by Gasteiger charge is 2.02. The molecule has 0 radical (unpaired) electrons. The predicted octanol–water partition coefficient (Wildman–Crippen LogP) is 4.32. The van der Waals surface area contributed by atoms with Crippen molar-refractivity contribution in [2.45, 2.75) is 58.4 Å². The Kier molecular flexibility index (Phi) is 7.66. The summed E-state index contributed by atoms with van der Waals surface area (Å²) in [5.41, 5.74) is 1.20. The third kappa shape index (κ3) is 6.75. The Morgan fingerprint density at radius 2 is 1.72 bits per heavy atom. The molecule has 1 aromatic rings. The van der Waals surface area contributed by atoms with Crippen molar-refractivity contribution in [2.75, 3.05) is 6.54 Å². The van der Waals surface area contributed by atoms with Crippen LogP contribution in [0.5, 0.6) is 0 Å². The van der Waals surface area contributed by atoms with Crippen LogP contribution in [0.4, 0.5) is 4.39 Å². The van der Waals surface area contributed by atoms with Gasteiger partial charge in [0.05, 0.1) is 0 Å². The molecule has 1 atom stereocenters. The Hall–Kier alpha value is -0.890. The second-order valence-electron chi connectivity index (χ2n) is 5.10. The van der Waals surface area contributed by atoms with Gasteiger partial charge < -0.3 is 5.32 Å². The lowest BCUT2D eigenvalue weighted by atomic mass is 10.1. The lowest BCUT2D eigenvalue weighted by Crippen LogP contribution is -2.28. The van der Waals surface area contributed by atoms with E-state index in [0.717, 1.165) is 13.0 Å². The summed E-state index contributed by atoms with van der Waals surface area (Å²) in [6.45, 7) is 5.52. The van der Waals surface area contributed by atoms with Gasteiger partial charge in [0.15, 0.2) is 0 Å². The first-order valence-corrected chi connectivity index (χ1v) is 7.20. The van der Waals surface area contributed by atoms with Gasteiger partial charge in [0.2, 0.25) is 0 Å². The summed E-state index contributed by atoms with van der Waals surface area (Å²) in [5.74, 6) is -0.157. The van der Waals surface area contributed by atoms with Crippen LogP contribution in [0.15, 0.2) is 24.3 Å². The van der Waals surface area contributed by atoms with Crippen molar-refractivity contribution in [3.63, 3.8) is 0 Å². The topological polar surface area (TPSA) is 12.0 Å². The molecular formula is C16H26FN. The van der Waals surface area contributed by atoms with Crippen molar-refractivity contribution in [3.8, 4) is 0 Å². The monoisotopic (exact) mass is 251 g/mol. The molecule has 0 spiro atoms. The molecule has 0 aliphatic carbocycles. The molecule has 0 saturated heterocycles. The first-order chi connectivity index (χ1) is 8.72. The van der Waals surface area contributed by atoms with Crippen LogP contribution >= 0.6 is 0 Å². The van der Waals surface area contributed by atoms with Crippen LogP contribution in [0.2, 0.25) is 0 Å². The summed E-state index contributed by atoms with van der Waals surface area (Å²) in [6.07, 6.45) is 7.55. The van der Waals surface area contributed by atoms with E-state index < -0.39 is 0 Å². The maximum Gasteiger partial charge on any atom is 0.123 e. The average molecular weight is 251 g/mol. The first-order valence-electron chi connectivity index (χ1n) is 7.20. The molecule has 1 rings (SSSR count). The molecule has 0 aromatic heterocycles. The van der Waals surface area contributed by atoms with Crippen LogP contribution < -0.4 is 5.32 Å². The highest BCUT2D eigenvalue weighted by molar-refractivity contribution is 5.16. The first kappa shape index (κ1) is 15.2. The number of nitrogens with one attached hydrogen (secondary N) is 1. The van der Waals surface area contributed by atoms with E-state index in [1.54, 1.807) is 0 Å². The van der Waals surface area contributed by atoms with Gasteiger partial charge in [-0.1, -0.05) is 44.7 Å². The summed E-state index contributed by atoms with van der Waals surface area (Å²) in [6, 6.07) is 7.27. The lowest BCUT2D eigenvalue weighted by molar-refractivity contribution is 0.514. The molecule has 0 bridgehead atoms. The molecule has 0 fully saturated rings. The van der Waals surface area contributed by atoms with E-state index in [9.17, 15) is 4.39 Å². The molecule has 0 aliphatic rings. The fraction of sp³-hybridized carbons (Fsp3) is 0.625. The van der Waals surface area contributed by atoms with Crippen molar-refractivity contribution in [1.82, 2.24) is 5.32 Å². The zero-order chi connectivity index (χ0) is 13.2. The second kappa shape index (κ2) is 9.09. The van der Waals surface area contributed by atoms with Gasteiger partial charge in [-0.25, -0.2) is 4.39 Å². The largest absolute Gasteiger partial charge is 0.314 e. The lowest BCUT2D eigenvalue weighted by Gasteiger charge is -2.13. The second-order valence-corrected chi connectivity index (χ2v) is 5.10. The summed E-state index contributed by atoms with van der Waals surface area (Å²) in [7, 11) is 0. The number of hydrogen-bond acceptors (Lipinski definition) is 1. The molecule has 1 nitrogen and oxygen atoms in total. The van der Waals surface area contributed by atoms with Gasteiger partial charge >= 0.3 is 0 Å². The van der Waals surface area contributed by atoms with E-state index in [2.05, 4.69) is 19.2 Å². The molecule has 1 N–H and O–H groups in total. The van der Waals surface area contributed by atoms with E-state index in [-0.39, 0.29) is 5.82 Å². The number of halogens is 1. The van der Waals surface area contributed by atoms with Crippen molar-refractivity contribution in [1.29, 1.82) is 0 Å². The van der Waals surface area contributed by atoms with Gasteiger partial charge in [0.1, 0.15) is 5.82 Å². The Bertz CT molecular complexity index is 307. The Morgan fingerprint density at radius 3 is 2.39 bits per heavy atom. The number of unbranched alkanes of at least 4 members (excludes halogenated alkanes) is 4. The van der Waals surface area contributed by atoms with E-state index in [0.29, 0.717) is 6.04 Å². The maximum absolute atomic E-state index is 12.8. The fourth-order valence-electron chi connectivity index (χ4n) is 2.12. The molecule has 1 aromatic carbocycles. The molecule has 0 heterocycles. The number of hydrogen-bond donors (Lipinski definition) is 1. The molecule has 0 amide bonds. The van der Waals surface area contributed by atoms with Crippen LogP contribution in [-0.4, -0.2) is 12.6 Å². The van der Waals surface area contributed by atoms with Crippen molar-refractivity contribution < 1.29 is 4.39 Å². The van der Waals surface area contributed by atoms with Crippen LogP contribution in [-0.2, 0) is 6.42 Å². The quantitative estimate of drug-likeness (QED) is 0.645. The molecule has 2 heteroatoms. The maximum atomic E-state index is 12.8. The van der Waals surface area contributed by atoms with Crippen LogP contribution in [0, 0.1) is 5.82 Å². The Balaban J connectivity index is 2.10. The third-order valence-corrected chi connectivity index (χ3v) is 3.23. The highest BCUT2D eigenvalue weighted by Crippen LogP contribution is 2.06. The SMILES string of the molecule is CCCCCCCNC(C)Cc1ccc(F)cc1. The van der Waals surface area contributed by atoms with E-state index in [1.807, 2.05) is 12.1 Å². The van der Waals surface area contributed by atoms with Gasteiger partial charge in [-0.3, -0.25) is 0 Å². The smallest absolute Gasteiger partial charge is 0.123 e. The molecular weight excluding hydrogens is 225 g/mol. The van der Waals surface area contributed by atoms with Gasteiger partial charge in [-0.15, -0.1) is 0 Å². The minimum absolute atomic E-state index is 0.157. The molecule has 0 aliphatic heterocycles. The Labute approximate surface area is 111 Å². The van der Waals surface area contributed by atoms with Crippen molar-refractivity contribution in [3.05, 3.63) is 35.6 Å².